The van der Waals surface area contributed by atoms with Crippen LogP contribution in [-0.2, 0) is 53.3 Å². The van der Waals surface area contributed by atoms with Crippen molar-refractivity contribution in [3.63, 3.8) is 0 Å². The Morgan fingerprint density at radius 3 is 2.02 bits per heavy atom. The SMILES string of the molecule is CCOC(=O)c1nn(-c2cc(SOOO)ccc2S(=O)(=O)O)c(O)c1/C=C/C=C/C=C1/C(=O)N(c2cc(SOOO)ccc2S(=O)(=O)O)N=C1C=O. The van der Waals surface area contributed by atoms with Gasteiger partial charge in [-0.15, -0.1) is 8.67 Å². The van der Waals surface area contributed by atoms with Crippen molar-refractivity contribution in [2.24, 2.45) is 5.10 Å². The number of ether oxygens (including phenoxy) is 1. The molecule has 5 N–H and O–H groups in total. The molecule has 1 amide bonds. The molecule has 4 rings (SSSR count). The van der Waals surface area contributed by atoms with Gasteiger partial charge in [0.15, 0.2) is 12.0 Å². The minimum absolute atomic E-state index is 0.0782. The number of allylic oxidation sites excluding steroid dienone is 4. The van der Waals surface area contributed by atoms with E-state index < -0.39 is 70.6 Å². The first-order valence-electron chi connectivity index (χ1n) is 13.6. The number of hydrazone groups is 1. The van der Waals surface area contributed by atoms with Gasteiger partial charge in [-0.2, -0.15) is 36.7 Å². The zero-order valence-electron chi connectivity index (χ0n) is 25.7. The zero-order valence-corrected chi connectivity index (χ0v) is 29.0. The van der Waals surface area contributed by atoms with Gasteiger partial charge in [0, 0.05) is 9.79 Å². The van der Waals surface area contributed by atoms with Gasteiger partial charge < -0.3 is 9.84 Å². The highest BCUT2D eigenvalue weighted by Gasteiger charge is 2.34. The van der Waals surface area contributed by atoms with Gasteiger partial charge in [-0.3, -0.25) is 18.7 Å². The molecule has 0 saturated carbocycles. The molecule has 1 aliphatic rings. The van der Waals surface area contributed by atoms with Crippen molar-refractivity contribution in [3.8, 4) is 11.6 Å². The number of hydrogen-bond donors (Lipinski definition) is 5. The van der Waals surface area contributed by atoms with Crippen molar-refractivity contribution in [2.75, 3.05) is 11.6 Å². The minimum atomic E-state index is -4.93. The van der Waals surface area contributed by atoms with Crippen LogP contribution in [0.3, 0.4) is 0 Å². The van der Waals surface area contributed by atoms with Gasteiger partial charge in [0.2, 0.25) is 5.88 Å². The molecular formula is C27H22N4O17S4. The lowest BCUT2D eigenvalue weighted by atomic mass is 10.1. The van der Waals surface area contributed by atoms with Crippen molar-refractivity contribution in [1.29, 1.82) is 0 Å². The molecule has 25 heteroatoms. The third kappa shape index (κ3) is 9.17. The molecule has 0 fully saturated rings. The molecular weight excluding hydrogens is 781 g/mol. The number of carbonyl (C=O) groups excluding carboxylic acids is 3. The van der Waals surface area contributed by atoms with Crippen molar-refractivity contribution in [2.45, 2.75) is 26.5 Å². The van der Waals surface area contributed by atoms with Crippen LogP contribution < -0.4 is 5.01 Å². The number of rotatable bonds is 16. The third-order valence-electron chi connectivity index (χ3n) is 6.33. The number of carbonyl (C=O) groups is 3. The molecule has 1 aliphatic heterocycles. The monoisotopic (exact) mass is 802 g/mol. The Balaban J connectivity index is 1.71. The van der Waals surface area contributed by atoms with E-state index in [0.717, 1.165) is 48.6 Å². The average Bonchev–Trinajstić information content (AvgIpc) is 3.60. The largest absolute Gasteiger partial charge is 0.493 e. The Morgan fingerprint density at radius 2 is 1.48 bits per heavy atom. The average molecular weight is 803 g/mol. The van der Waals surface area contributed by atoms with E-state index in [2.05, 4.69) is 28.9 Å². The molecule has 0 bridgehead atoms. The molecule has 0 aliphatic carbocycles. The summed E-state index contributed by atoms with van der Waals surface area (Å²) in [7, 11) is -9.85. The van der Waals surface area contributed by atoms with Crippen molar-refractivity contribution >= 4 is 80.0 Å². The van der Waals surface area contributed by atoms with Crippen molar-refractivity contribution in [1.82, 2.24) is 9.78 Å². The summed E-state index contributed by atoms with van der Waals surface area (Å²) in [4.78, 5) is 36.5. The normalized spacial score (nSPS) is 14.6. The lowest BCUT2D eigenvalue weighted by Crippen LogP contribution is -2.23. The highest BCUT2D eigenvalue weighted by molar-refractivity contribution is 7.94. The van der Waals surface area contributed by atoms with E-state index in [1.807, 2.05) is 0 Å². The minimum Gasteiger partial charge on any atom is -0.493 e. The summed E-state index contributed by atoms with van der Waals surface area (Å²) in [5, 5.41) is 43.3. The van der Waals surface area contributed by atoms with Gasteiger partial charge in [0.25, 0.3) is 26.1 Å². The first-order valence-corrected chi connectivity index (χ1v) is 18.0. The molecule has 0 radical (unpaired) electrons. The van der Waals surface area contributed by atoms with Crippen molar-refractivity contribution in [3.05, 3.63) is 77.5 Å². The van der Waals surface area contributed by atoms with Gasteiger partial charge in [-0.25, -0.2) is 15.3 Å². The molecule has 21 nitrogen and oxygen atoms in total. The standard InChI is InChI=1S/C27H22N4O17S4/c1-2-44-27(35)24-18(26(34)31(29-24)21-13-16(50-48-46-37)9-11-23(21)52(41,42)43)7-5-3-4-6-17-19(14-32)28-30(25(17)33)20-12-15(49-47-45-36)8-10-22(20)51(38,39)40/h3-14,34,36-37H,2H2,1H3,(H,38,39,40)(H,41,42,43)/b4-3+,7-5+,17-6+. The second-order valence-electron chi connectivity index (χ2n) is 9.42. The molecule has 0 atom stereocenters. The quantitative estimate of drug-likeness (QED) is 0.0203. The first-order chi connectivity index (χ1) is 24.7. The van der Waals surface area contributed by atoms with Gasteiger partial charge >= 0.3 is 5.97 Å². The molecule has 2 aromatic carbocycles. The van der Waals surface area contributed by atoms with Gasteiger partial charge in [0.1, 0.15) is 15.5 Å². The summed E-state index contributed by atoms with van der Waals surface area (Å²) in [6.45, 7) is 1.37. The fourth-order valence-corrected chi connectivity index (χ4v) is 6.36. The van der Waals surface area contributed by atoms with Crippen LogP contribution in [0.15, 0.2) is 91.0 Å². The summed E-state index contributed by atoms with van der Waals surface area (Å²) in [6, 6.07) is 6.24. The Kier molecular flexibility index (Phi) is 13.2. The van der Waals surface area contributed by atoms with E-state index in [0.29, 0.717) is 33.8 Å². The van der Waals surface area contributed by atoms with Crippen LogP contribution >= 0.6 is 24.1 Å². The number of nitrogens with zero attached hydrogens (tertiary/aromatic N) is 4. The number of hydrogen-bond acceptors (Lipinski definition) is 19. The summed E-state index contributed by atoms with van der Waals surface area (Å²) in [5.74, 6) is -2.85. The van der Waals surface area contributed by atoms with Crippen LogP contribution in [0, 0.1) is 0 Å². The fraction of sp³-hybridized carbons (Fsp3) is 0.0741. The molecule has 3 aromatic rings. The van der Waals surface area contributed by atoms with Crippen molar-refractivity contribution < 1.29 is 79.4 Å². The highest BCUT2D eigenvalue weighted by atomic mass is 32.2. The number of esters is 1. The summed E-state index contributed by atoms with van der Waals surface area (Å²) >= 11 is 0.813. The lowest BCUT2D eigenvalue weighted by Gasteiger charge is -2.15. The number of aromatic nitrogens is 2. The molecule has 276 valence electrons. The smallest absolute Gasteiger partial charge is 0.359 e. The van der Waals surface area contributed by atoms with Crippen LogP contribution in [0.5, 0.6) is 5.88 Å². The Bertz CT molecular complexity index is 2230. The number of aromatic hydroxyl groups is 1. The highest BCUT2D eigenvalue weighted by Crippen LogP contribution is 2.35. The van der Waals surface area contributed by atoms with Gasteiger partial charge in [-0.05, 0) is 55.5 Å². The number of amides is 1. The van der Waals surface area contributed by atoms with Crippen LogP contribution in [-0.4, -0.2) is 81.8 Å². The molecule has 0 spiro atoms. The number of anilines is 1. The Morgan fingerprint density at radius 1 is 0.904 bits per heavy atom. The topological polar surface area (TPSA) is 300 Å². The van der Waals surface area contributed by atoms with Crippen LogP contribution in [0.1, 0.15) is 23.0 Å². The molecule has 0 unspecified atom stereocenters. The molecule has 0 saturated heterocycles. The second-order valence-corrected chi connectivity index (χ2v) is 13.8. The predicted octanol–water partition coefficient (Wildman–Crippen LogP) is 3.20. The van der Waals surface area contributed by atoms with E-state index in [1.54, 1.807) is 0 Å². The summed E-state index contributed by atoms with van der Waals surface area (Å²) < 4.78 is 82.0. The maximum absolute atomic E-state index is 13.3. The maximum atomic E-state index is 13.3. The van der Waals surface area contributed by atoms with Crippen LogP contribution in [0.4, 0.5) is 5.69 Å². The van der Waals surface area contributed by atoms with Gasteiger partial charge in [0.05, 0.1) is 53.2 Å². The number of benzene rings is 2. The Labute approximate surface area is 300 Å². The second kappa shape index (κ2) is 17.2. The molecule has 2 heterocycles. The summed E-state index contributed by atoms with van der Waals surface area (Å²) in [5.41, 5.74) is -2.52. The van der Waals surface area contributed by atoms with Crippen LogP contribution in [0.2, 0.25) is 0 Å². The van der Waals surface area contributed by atoms with E-state index in [9.17, 15) is 45.4 Å². The first kappa shape index (κ1) is 40.0. The zero-order chi connectivity index (χ0) is 38.2. The number of aldehydes is 1. The van der Waals surface area contributed by atoms with E-state index in [-0.39, 0.29) is 33.8 Å². The molecule has 1 aromatic heterocycles. The third-order valence-corrected chi connectivity index (χ3v) is 9.28. The van der Waals surface area contributed by atoms with E-state index in [1.165, 1.54) is 25.2 Å². The van der Waals surface area contributed by atoms with Gasteiger partial charge in [-0.1, -0.05) is 28.3 Å². The predicted molar refractivity (Wildman–Crippen MR) is 176 cm³/mol. The Hall–Kier alpha value is -4.77. The van der Waals surface area contributed by atoms with E-state index >= 15 is 0 Å². The summed E-state index contributed by atoms with van der Waals surface area (Å²) in [6.07, 6.45) is 6.18. The maximum Gasteiger partial charge on any atom is 0.359 e. The molecule has 52 heavy (non-hydrogen) atoms. The van der Waals surface area contributed by atoms with Crippen LogP contribution in [0.25, 0.3) is 11.8 Å². The van der Waals surface area contributed by atoms with E-state index in [4.69, 9.17) is 15.3 Å². The fourth-order valence-electron chi connectivity index (χ4n) is 4.27. The lowest BCUT2D eigenvalue weighted by molar-refractivity contribution is -0.432.